The first-order valence-corrected chi connectivity index (χ1v) is 26.5. The van der Waals surface area contributed by atoms with Crippen LogP contribution in [0.4, 0.5) is 14.4 Å². The maximum atomic E-state index is 14.3. The lowest BCUT2D eigenvalue weighted by Crippen LogP contribution is -2.58. The lowest BCUT2D eigenvalue weighted by atomic mass is 10.0. The Hall–Kier alpha value is -5.57. The molecule has 26 nitrogen and oxygen atoms in total. The monoisotopic (exact) mass is 1110 g/mol. The molecule has 0 aliphatic carbocycles. The van der Waals surface area contributed by atoms with Crippen molar-refractivity contribution in [3.8, 4) is 0 Å². The molecule has 450 valence electrons. The molecule has 0 heterocycles. The number of carbonyl (C=O) groups excluding carboxylic acids is 8. The Morgan fingerprint density at radius 1 is 0.442 bits per heavy atom. The van der Waals surface area contributed by atoms with Crippen LogP contribution in [0.5, 0.6) is 0 Å². The highest BCUT2D eigenvalue weighted by atomic mass is 16.6. The molecule has 0 rings (SSSR count). The molecule has 0 bridgehead atoms. The third kappa shape index (κ3) is 39.5. The maximum absolute atomic E-state index is 14.3. The summed E-state index contributed by atoms with van der Waals surface area (Å²) in [5, 5.41) is 66.3. The SMILES string of the molecule is CCC.CCC.COC(=O)[C@H](CCCCN)NC(=O)[C@H](CCCCNC(=O)OC(C)(C)C)NC(=O)[C@H](CCCCNC(=O)OC(C)(C)C)NC(=O)[C@H](CCCNC(=O)[C@@H](O)[C@H](O)[C@H](O)[C@@H](O)C(=O)O)NC(=O)OC(C)(C)C. The van der Waals surface area contributed by atoms with Crippen molar-refractivity contribution < 1.29 is 87.6 Å². The number of hydrogen-bond acceptors (Lipinski definition) is 18. The van der Waals surface area contributed by atoms with E-state index in [9.17, 15) is 63.6 Å². The topological polar surface area (TPSA) is 402 Å². The van der Waals surface area contributed by atoms with Crippen LogP contribution < -0.4 is 43.0 Å². The van der Waals surface area contributed by atoms with Crippen molar-refractivity contribution in [2.45, 2.75) is 239 Å². The Kier molecular flexibility index (Phi) is 39.9. The average molecular weight is 1110 g/mol. The van der Waals surface area contributed by atoms with Crippen LogP contribution in [0.15, 0.2) is 0 Å². The van der Waals surface area contributed by atoms with Gasteiger partial charge in [-0.05, 0) is 139 Å². The Bertz CT molecular complexity index is 1750. The van der Waals surface area contributed by atoms with Gasteiger partial charge in [-0.2, -0.15) is 0 Å². The van der Waals surface area contributed by atoms with E-state index in [0.717, 1.165) is 7.11 Å². The number of alkyl carbamates (subject to hydrolysis) is 3. The molecular formula is C51H98N8O18. The number of aliphatic carboxylic acids is 1. The van der Waals surface area contributed by atoms with E-state index in [0.29, 0.717) is 25.8 Å². The molecule has 7 amide bonds. The number of nitrogens with two attached hydrogens (primary N) is 1. The lowest BCUT2D eigenvalue weighted by molar-refractivity contribution is -0.166. The van der Waals surface area contributed by atoms with Gasteiger partial charge in [-0.15, -0.1) is 0 Å². The minimum Gasteiger partial charge on any atom is -0.479 e. The number of unbranched alkanes of at least 4 members (excludes halogenated alkanes) is 3. The number of aliphatic hydroxyl groups excluding tert-OH is 4. The zero-order valence-corrected chi connectivity index (χ0v) is 48.3. The van der Waals surface area contributed by atoms with Crippen molar-refractivity contribution in [1.29, 1.82) is 0 Å². The number of aliphatic hydroxyl groups is 4. The predicted octanol–water partition coefficient (Wildman–Crippen LogP) is 2.28. The number of rotatable bonds is 31. The molecule has 0 aromatic heterocycles. The summed E-state index contributed by atoms with van der Waals surface area (Å²) in [5.74, 6) is -6.47. The normalized spacial score (nSPS) is 14.4. The van der Waals surface area contributed by atoms with Crippen molar-refractivity contribution >= 4 is 53.8 Å². The Morgan fingerprint density at radius 3 is 1.14 bits per heavy atom. The zero-order valence-electron chi connectivity index (χ0n) is 48.3. The first kappa shape index (κ1) is 75.7. The second-order valence-electron chi connectivity index (χ2n) is 21.1. The number of esters is 1. The lowest BCUT2D eigenvalue weighted by Gasteiger charge is -2.27. The second-order valence-corrected chi connectivity index (χ2v) is 21.1. The van der Waals surface area contributed by atoms with Crippen LogP contribution in [0.1, 0.15) is 173 Å². The molecule has 26 heteroatoms. The minimum atomic E-state index is -2.52. The number of nitrogens with one attached hydrogen (secondary N) is 7. The van der Waals surface area contributed by atoms with Gasteiger partial charge in [-0.3, -0.25) is 19.2 Å². The van der Waals surface area contributed by atoms with Crippen LogP contribution in [-0.4, -0.2) is 178 Å². The average Bonchev–Trinajstić information content (AvgIpc) is 3.30. The largest absolute Gasteiger partial charge is 0.479 e. The molecule has 0 saturated heterocycles. The fourth-order valence-electron chi connectivity index (χ4n) is 6.21. The summed E-state index contributed by atoms with van der Waals surface area (Å²) in [6, 6.07) is -5.27. The molecule has 0 saturated carbocycles. The van der Waals surface area contributed by atoms with Gasteiger partial charge in [-0.1, -0.05) is 40.5 Å². The van der Waals surface area contributed by atoms with Crippen molar-refractivity contribution in [2.75, 3.05) is 33.3 Å². The summed E-state index contributed by atoms with van der Waals surface area (Å²) in [6.45, 7) is 23.6. The number of hydrogen-bond donors (Lipinski definition) is 13. The van der Waals surface area contributed by atoms with E-state index in [1.807, 2.05) is 0 Å². The molecule has 77 heavy (non-hydrogen) atoms. The number of ether oxygens (including phenoxy) is 4. The third-order valence-electron chi connectivity index (χ3n) is 9.69. The fourth-order valence-corrected chi connectivity index (χ4v) is 6.21. The number of amides is 7. The van der Waals surface area contributed by atoms with Crippen molar-refractivity contribution in [1.82, 2.24) is 37.2 Å². The molecule has 0 radical (unpaired) electrons. The fraction of sp³-hybridized carbons (Fsp3) is 0.824. The molecule has 0 aromatic carbocycles. The Balaban J connectivity index is -0.00000867. The zero-order chi connectivity index (χ0) is 60.1. The summed E-state index contributed by atoms with van der Waals surface area (Å²) >= 11 is 0. The van der Waals surface area contributed by atoms with Gasteiger partial charge in [0.1, 0.15) is 53.2 Å². The first-order chi connectivity index (χ1) is 35.6. The van der Waals surface area contributed by atoms with E-state index in [4.69, 9.17) is 29.8 Å². The van der Waals surface area contributed by atoms with E-state index in [1.54, 1.807) is 62.3 Å². The van der Waals surface area contributed by atoms with Gasteiger partial charge in [0.25, 0.3) is 5.91 Å². The van der Waals surface area contributed by atoms with Crippen LogP contribution >= 0.6 is 0 Å². The molecule has 0 aliphatic rings. The molecular weight excluding hydrogens is 1010 g/mol. The smallest absolute Gasteiger partial charge is 0.408 e. The highest BCUT2D eigenvalue weighted by molar-refractivity contribution is 5.95. The Labute approximate surface area is 455 Å². The standard InChI is InChI=1S/C45H82N8O18.2C3H8/c1-43(2,3)69-40(65)48-23-15-12-18-26(34(58)50-27(19-13-16-24-49-41(66)70-44(4,5)6)35(59)52-29(39(64)68-10)20-11-14-22-46)51-36(60)28(53-42(67)71-45(7,8)9)21-17-25-47-37(61)32(56)30(54)31(55)33(57)38(62)63;2*1-3-2/h26-33,54-57H,11-25,46H2,1-10H3,(H,47,61)(H,48,65)(H,49,66)(H,50,58)(H,51,60)(H,52,59)(H,53,67)(H,62,63);2*3H2,1-2H3/t26-,27-,28-,29-,30+,31-,32-,33+;;/m0../s1. The number of carbonyl (C=O) groups is 9. The van der Waals surface area contributed by atoms with Crippen molar-refractivity contribution in [2.24, 2.45) is 5.73 Å². The molecule has 0 fully saturated rings. The van der Waals surface area contributed by atoms with Crippen LogP contribution in [0, 0.1) is 0 Å². The molecule has 0 aromatic rings. The van der Waals surface area contributed by atoms with Crippen LogP contribution in [-0.2, 0) is 47.7 Å². The molecule has 8 atom stereocenters. The van der Waals surface area contributed by atoms with Gasteiger partial charge in [0.05, 0.1) is 7.11 Å². The molecule has 0 spiro atoms. The predicted molar refractivity (Wildman–Crippen MR) is 286 cm³/mol. The van der Waals surface area contributed by atoms with E-state index in [2.05, 4.69) is 64.9 Å². The van der Waals surface area contributed by atoms with Gasteiger partial charge in [0, 0.05) is 19.6 Å². The van der Waals surface area contributed by atoms with E-state index in [1.165, 1.54) is 12.8 Å². The summed E-state index contributed by atoms with van der Waals surface area (Å²) in [6.07, 6.45) is -7.85. The summed E-state index contributed by atoms with van der Waals surface area (Å²) in [5.41, 5.74) is 3.09. The van der Waals surface area contributed by atoms with E-state index in [-0.39, 0.29) is 71.0 Å². The first-order valence-electron chi connectivity index (χ1n) is 26.5. The van der Waals surface area contributed by atoms with E-state index < -0.39 is 119 Å². The molecule has 14 N–H and O–H groups in total. The van der Waals surface area contributed by atoms with Crippen molar-refractivity contribution in [3.63, 3.8) is 0 Å². The van der Waals surface area contributed by atoms with Gasteiger partial charge < -0.3 is 87.4 Å². The highest BCUT2D eigenvalue weighted by Crippen LogP contribution is 2.13. The van der Waals surface area contributed by atoms with Crippen LogP contribution in [0.25, 0.3) is 0 Å². The number of methoxy groups -OCH3 is 1. The minimum absolute atomic E-state index is 0.00981. The Morgan fingerprint density at radius 2 is 0.766 bits per heavy atom. The van der Waals surface area contributed by atoms with Gasteiger partial charge in [0.15, 0.2) is 12.2 Å². The van der Waals surface area contributed by atoms with Crippen LogP contribution in [0.2, 0.25) is 0 Å². The summed E-state index contributed by atoms with van der Waals surface area (Å²) in [4.78, 5) is 116. The molecule has 0 unspecified atom stereocenters. The van der Waals surface area contributed by atoms with E-state index >= 15 is 0 Å². The maximum Gasteiger partial charge on any atom is 0.408 e. The highest BCUT2D eigenvalue weighted by Gasteiger charge is 2.38. The number of carboxylic acid groups (broad SMARTS) is 1. The quantitative estimate of drug-likeness (QED) is 0.0269. The summed E-state index contributed by atoms with van der Waals surface area (Å²) < 4.78 is 20.8. The third-order valence-corrected chi connectivity index (χ3v) is 9.69. The van der Waals surface area contributed by atoms with Gasteiger partial charge in [0.2, 0.25) is 17.7 Å². The van der Waals surface area contributed by atoms with Crippen molar-refractivity contribution in [3.05, 3.63) is 0 Å². The van der Waals surface area contributed by atoms with Gasteiger partial charge >= 0.3 is 30.2 Å². The second kappa shape index (κ2) is 40.6. The van der Waals surface area contributed by atoms with Crippen LogP contribution in [0.3, 0.4) is 0 Å². The summed E-state index contributed by atoms with van der Waals surface area (Å²) in [7, 11) is 1.15. The van der Waals surface area contributed by atoms with Gasteiger partial charge in [-0.25, -0.2) is 24.0 Å². The molecule has 0 aliphatic heterocycles. The number of carboxylic acids is 1.